The number of hydrogen-bond donors (Lipinski definition) is 1. The number of likely N-dealkylation sites (tertiary alicyclic amines) is 1. The molecule has 0 radical (unpaired) electrons. The zero-order valence-electron chi connectivity index (χ0n) is 7.58. The molecule has 1 N–H and O–H groups in total. The fourth-order valence-electron chi connectivity index (χ4n) is 1.61. The molecule has 0 saturated carbocycles. The minimum absolute atomic E-state index is 0.0810. The van der Waals surface area contributed by atoms with Crippen LogP contribution in [-0.4, -0.2) is 41.9 Å². The van der Waals surface area contributed by atoms with Gasteiger partial charge < -0.3 is 5.21 Å². The van der Waals surface area contributed by atoms with Crippen molar-refractivity contribution in [1.82, 2.24) is 4.90 Å². The molecule has 1 aliphatic rings. The van der Waals surface area contributed by atoms with E-state index in [2.05, 4.69) is 5.16 Å². The molecule has 1 fully saturated rings. The first-order valence-electron chi connectivity index (χ1n) is 4.34. The van der Waals surface area contributed by atoms with Crippen molar-refractivity contribution in [3.63, 3.8) is 0 Å². The van der Waals surface area contributed by atoms with E-state index < -0.39 is 6.43 Å². The van der Waals surface area contributed by atoms with Crippen molar-refractivity contribution in [2.45, 2.75) is 19.8 Å². The Morgan fingerprint density at radius 2 is 2.38 bits per heavy atom. The molecule has 1 atom stereocenters. The van der Waals surface area contributed by atoms with E-state index in [1.165, 1.54) is 0 Å². The van der Waals surface area contributed by atoms with Gasteiger partial charge in [-0.25, -0.2) is 8.78 Å². The van der Waals surface area contributed by atoms with Crippen molar-refractivity contribution in [2.24, 2.45) is 11.1 Å². The van der Waals surface area contributed by atoms with Gasteiger partial charge in [-0.1, -0.05) is 12.1 Å². The Balaban J connectivity index is 2.41. The predicted octanol–water partition coefficient (Wildman–Crippen LogP) is 1.42. The zero-order valence-corrected chi connectivity index (χ0v) is 7.58. The first-order chi connectivity index (χ1) is 6.13. The highest BCUT2D eigenvalue weighted by molar-refractivity contribution is 5.86. The largest absolute Gasteiger partial charge is 0.411 e. The Morgan fingerprint density at radius 1 is 1.69 bits per heavy atom. The second kappa shape index (κ2) is 4.50. The Labute approximate surface area is 76.0 Å². The smallest absolute Gasteiger partial charge is 0.251 e. The van der Waals surface area contributed by atoms with Gasteiger partial charge in [0.2, 0.25) is 0 Å². The standard InChI is InChI=1S/C8H14F2N2O/c1-6-4-12(5-8(9)10)3-2-7(6)11-13/h6,8,13H,2-5H2,1H3. The Bertz CT molecular complexity index is 197. The molecule has 1 aliphatic heterocycles. The molecule has 3 nitrogen and oxygen atoms in total. The van der Waals surface area contributed by atoms with E-state index in [1.807, 2.05) is 6.92 Å². The van der Waals surface area contributed by atoms with Crippen LogP contribution in [0.25, 0.3) is 0 Å². The third kappa shape index (κ3) is 2.91. The number of nitrogens with zero attached hydrogens (tertiary/aromatic N) is 2. The molecule has 0 aliphatic carbocycles. The highest BCUT2D eigenvalue weighted by Crippen LogP contribution is 2.14. The summed E-state index contributed by atoms with van der Waals surface area (Å²) in [5, 5.41) is 11.7. The van der Waals surface area contributed by atoms with Gasteiger partial charge in [0.25, 0.3) is 6.43 Å². The number of hydrogen-bond acceptors (Lipinski definition) is 3. The first-order valence-corrected chi connectivity index (χ1v) is 4.34. The summed E-state index contributed by atoms with van der Waals surface area (Å²) < 4.78 is 24.0. The molecule has 1 heterocycles. The summed E-state index contributed by atoms with van der Waals surface area (Å²) in [6.07, 6.45) is -1.69. The summed E-state index contributed by atoms with van der Waals surface area (Å²) in [4.78, 5) is 1.70. The average Bonchev–Trinajstić information content (AvgIpc) is 2.03. The Morgan fingerprint density at radius 3 is 2.85 bits per heavy atom. The van der Waals surface area contributed by atoms with Crippen molar-refractivity contribution in [3.05, 3.63) is 0 Å². The molecule has 0 amide bonds. The lowest BCUT2D eigenvalue weighted by atomic mass is 9.98. The van der Waals surface area contributed by atoms with Gasteiger partial charge in [-0.3, -0.25) is 4.90 Å². The van der Waals surface area contributed by atoms with Crippen LogP contribution in [0.15, 0.2) is 5.16 Å². The van der Waals surface area contributed by atoms with E-state index in [1.54, 1.807) is 4.90 Å². The SMILES string of the molecule is CC1CN(CC(F)F)CCC1=NO. The number of halogens is 2. The van der Waals surface area contributed by atoms with E-state index in [9.17, 15) is 8.78 Å². The molecule has 0 spiro atoms. The van der Waals surface area contributed by atoms with Crippen LogP contribution in [0.5, 0.6) is 0 Å². The number of alkyl halides is 2. The summed E-state index contributed by atoms with van der Waals surface area (Å²) in [5.74, 6) is 0.0810. The van der Waals surface area contributed by atoms with Crippen molar-refractivity contribution >= 4 is 5.71 Å². The normalized spacial score (nSPS) is 28.6. The summed E-state index contributed by atoms with van der Waals surface area (Å²) in [7, 11) is 0. The van der Waals surface area contributed by atoms with Gasteiger partial charge in [0, 0.05) is 25.4 Å². The van der Waals surface area contributed by atoms with E-state index in [-0.39, 0.29) is 12.5 Å². The molecular formula is C8H14F2N2O. The van der Waals surface area contributed by atoms with Crippen LogP contribution in [0.3, 0.4) is 0 Å². The van der Waals surface area contributed by atoms with Gasteiger partial charge in [0.15, 0.2) is 0 Å². The Kier molecular flexibility index (Phi) is 3.59. The van der Waals surface area contributed by atoms with Crippen molar-refractivity contribution in [1.29, 1.82) is 0 Å². The fraction of sp³-hybridized carbons (Fsp3) is 0.875. The van der Waals surface area contributed by atoms with E-state index in [0.717, 1.165) is 0 Å². The maximum Gasteiger partial charge on any atom is 0.251 e. The molecule has 5 heteroatoms. The number of rotatable bonds is 2. The van der Waals surface area contributed by atoms with Crippen molar-refractivity contribution in [2.75, 3.05) is 19.6 Å². The second-order valence-electron chi connectivity index (χ2n) is 3.39. The fourth-order valence-corrected chi connectivity index (χ4v) is 1.61. The second-order valence-corrected chi connectivity index (χ2v) is 3.39. The van der Waals surface area contributed by atoms with Gasteiger partial charge in [-0.05, 0) is 0 Å². The molecule has 0 aromatic carbocycles. The predicted molar refractivity (Wildman–Crippen MR) is 45.4 cm³/mol. The monoisotopic (exact) mass is 192 g/mol. The molecule has 1 unspecified atom stereocenters. The lowest BCUT2D eigenvalue weighted by Gasteiger charge is -2.30. The molecular weight excluding hydrogens is 178 g/mol. The maximum atomic E-state index is 12.0. The van der Waals surface area contributed by atoms with E-state index in [0.29, 0.717) is 25.2 Å². The molecule has 1 rings (SSSR count). The third-order valence-electron chi connectivity index (χ3n) is 2.31. The van der Waals surface area contributed by atoms with Gasteiger partial charge in [-0.15, -0.1) is 0 Å². The summed E-state index contributed by atoms with van der Waals surface area (Å²) >= 11 is 0. The minimum atomic E-state index is -2.28. The quantitative estimate of drug-likeness (QED) is 0.530. The van der Waals surface area contributed by atoms with Crippen molar-refractivity contribution < 1.29 is 14.0 Å². The third-order valence-corrected chi connectivity index (χ3v) is 2.31. The zero-order chi connectivity index (χ0) is 9.84. The summed E-state index contributed by atoms with van der Waals surface area (Å²) in [6, 6.07) is 0. The highest BCUT2D eigenvalue weighted by Gasteiger charge is 2.24. The van der Waals surface area contributed by atoms with Crippen LogP contribution < -0.4 is 0 Å². The van der Waals surface area contributed by atoms with Gasteiger partial charge in [-0.2, -0.15) is 0 Å². The highest BCUT2D eigenvalue weighted by atomic mass is 19.3. The minimum Gasteiger partial charge on any atom is -0.411 e. The number of piperidine rings is 1. The average molecular weight is 192 g/mol. The van der Waals surface area contributed by atoms with Gasteiger partial charge in [0.1, 0.15) is 0 Å². The van der Waals surface area contributed by atoms with Crippen LogP contribution in [0.1, 0.15) is 13.3 Å². The lowest BCUT2D eigenvalue weighted by Crippen LogP contribution is -2.41. The van der Waals surface area contributed by atoms with Crippen LogP contribution in [0.4, 0.5) is 8.78 Å². The molecule has 1 saturated heterocycles. The van der Waals surface area contributed by atoms with Crippen LogP contribution in [0.2, 0.25) is 0 Å². The van der Waals surface area contributed by atoms with E-state index >= 15 is 0 Å². The maximum absolute atomic E-state index is 12.0. The molecule has 76 valence electrons. The molecule has 0 bridgehead atoms. The van der Waals surface area contributed by atoms with Crippen LogP contribution in [-0.2, 0) is 0 Å². The van der Waals surface area contributed by atoms with Gasteiger partial charge in [0.05, 0.1) is 12.3 Å². The molecule has 13 heavy (non-hydrogen) atoms. The Hall–Kier alpha value is -0.710. The van der Waals surface area contributed by atoms with Gasteiger partial charge >= 0.3 is 0 Å². The lowest BCUT2D eigenvalue weighted by molar-refractivity contribution is 0.0817. The molecule has 0 aromatic rings. The molecule has 0 aromatic heterocycles. The number of oxime groups is 1. The van der Waals surface area contributed by atoms with E-state index in [4.69, 9.17) is 5.21 Å². The van der Waals surface area contributed by atoms with Crippen LogP contribution >= 0.6 is 0 Å². The summed E-state index contributed by atoms with van der Waals surface area (Å²) in [6.45, 7) is 2.83. The summed E-state index contributed by atoms with van der Waals surface area (Å²) in [5.41, 5.74) is 0.713. The van der Waals surface area contributed by atoms with Crippen LogP contribution in [0, 0.1) is 5.92 Å². The first kappa shape index (κ1) is 10.4. The van der Waals surface area contributed by atoms with Crippen molar-refractivity contribution in [3.8, 4) is 0 Å². The topological polar surface area (TPSA) is 35.8 Å².